The second kappa shape index (κ2) is 2.94. The maximum absolute atomic E-state index is 5.62. The molecular weight excluding hydrogens is 150 g/mol. The van der Waals surface area contributed by atoms with Crippen LogP contribution in [0.4, 0.5) is 0 Å². The molecule has 4 heteroatoms. The molecule has 0 amide bonds. The molecule has 0 bridgehead atoms. The van der Waals surface area contributed by atoms with Gasteiger partial charge in [-0.3, -0.25) is 0 Å². The second-order valence-electron chi connectivity index (χ2n) is 1.95. The molecule has 10 heavy (non-hydrogen) atoms. The number of aryl methyl sites for hydroxylation is 1. The van der Waals surface area contributed by atoms with Gasteiger partial charge in [-0.05, 0) is 13.0 Å². The van der Waals surface area contributed by atoms with Gasteiger partial charge in [0.25, 0.3) is 0 Å². The Morgan fingerprint density at radius 1 is 1.60 bits per heavy atom. The van der Waals surface area contributed by atoms with E-state index in [0.717, 1.165) is 5.69 Å². The van der Waals surface area contributed by atoms with Crippen molar-refractivity contribution in [3.05, 3.63) is 22.7 Å². The fourth-order valence-corrected chi connectivity index (χ4v) is 0.936. The van der Waals surface area contributed by atoms with Gasteiger partial charge in [-0.25, -0.2) is 9.97 Å². The fraction of sp³-hybridized carbons (Fsp3) is 0.333. The van der Waals surface area contributed by atoms with E-state index in [2.05, 4.69) is 9.97 Å². The van der Waals surface area contributed by atoms with Crippen molar-refractivity contribution in [2.45, 2.75) is 13.5 Å². The highest BCUT2D eigenvalue weighted by atomic mass is 35.5. The van der Waals surface area contributed by atoms with Crippen molar-refractivity contribution in [3.8, 4) is 0 Å². The van der Waals surface area contributed by atoms with E-state index in [-0.39, 0.29) is 0 Å². The lowest BCUT2D eigenvalue weighted by molar-refractivity contribution is 0.891. The van der Waals surface area contributed by atoms with Crippen molar-refractivity contribution in [2.24, 2.45) is 5.73 Å². The van der Waals surface area contributed by atoms with Gasteiger partial charge in [0.2, 0.25) is 0 Å². The molecule has 1 rings (SSSR count). The average Bonchev–Trinajstić information content (AvgIpc) is 1.85. The molecule has 2 N–H and O–H groups in total. The minimum absolute atomic E-state index is 0.335. The molecule has 0 aliphatic carbocycles. The first-order valence-electron chi connectivity index (χ1n) is 2.92. The average molecular weight is 158 g/mol. The standard InChI is InChI=1S/C6H8ClN3/c1-4-2-5(7)10-6(3-8)9-4/h2H,3,8H2,1H3. The Bertz CT molecular complexity index is 216. The van der Waals surface area contributed by atoms with Gasteiger partial charge >= 0.3 is 0 Å². The molecule has 0 unspecified atom stereocenters. The minimum Gasteiger partial charge on any atom is -0.324 e. The molecule has 0 saturated heterocycles. The van der Waals surface area contributed by atoms with Crippen LogP contribution in [0, 0.1) is 6.92 Å². The molecule has 0 aliphatic heterocycles. The Morgan fingerprint density at radius 3 is 2.80 bits per heavy atom. The summed E-state index contributed by atoms with van der Waals surface area (Å²) in [6.45, 7) is 2.19. The van der Waals surface area contributed by atoms with Crippen LogP contribution >= 0.6 is 11.6 Å². The number of nitrogens with two attached hydrogens (primary N) is 1. The van der Waals surface area contributed by atoms with E-state index in [1.807, 2.05) is 6.92 Å². The molecule has 0 aromatic carbocycles. The molecule has 1 heterocycles. The van der Waals surface area contributed by atoms with E-state index in [1.165, 1.54) is 0 Å². The van der Waals surface area contributed by atoms with Gasteiger partial charge in [0.1, 0.15) is 11.0 Å². The summed E-state index contributed by atoms with van der Waals surface area (Å²) in [6.07, 6.45) is 0. The first kappa shape index (κ1) is 7.44. The normalized spacial score (nSPS) is 9.90. The summed E-state index contributed by atoms with van der Waals surface area (Å²) < 4.78 is 0. The van der Waals surface area contributed by atoms with Gasteiger partial charge in [-0.15, -0.1) is 0 Å². The highest BCUT2D eigenvalue weighted by molar-refractivity contribution is 6.29. The Hall–Kier alpha value is -0.670. The zero-order valence-corrected chi connectivity index (χ0v) is 6.39. The Labute approximate surface area is 64.2 Å². The predicted octanol–water partition coefficient (Wildman–Crippen LogP) is 0.897. The van der Waals surface area contributed by atoms with Crippen molar-refractivity contribution in [3.63, 3.8) is 0 Å². The van der Waals surface area contributed by atoms with Crippen LogP contribution < -0.4 is 5.73 Å². The molecule has 0 aliphatic rings. The zero-order valence-electron chi connectivity index (χ0n) is 5.63. The van der Waals surface area contributed by atoms with Gasteiger partial charge in [0.15, 0.2) is 0 Å². The van der Waals surface area contributed by atoms with Crippen LogP contribution in [0.2, 0.25) is 5.15 Å². The van der Waals surface area contributed by atoms with Crippen molar-refractivity contribution in [2.75, 3.05) is 0 Å². The summed E-state index contributed by atoms with van der Waals surface area (Å²) >= 11 is 5.62. The molecule has 0 spiro atoms. The summed E-state index contributed by atoms with van der Waals surface area (Å²) in [4.78, 5) is 7.91. The number of hydrogen-bond acceptors (Lipinski definition) is 3. The van der Waals surface area contributed by atoms with E-state index < -0.39 is 0 Å². The Kier molecular flexibility index (Phi) is 2.19. The van der Waals surface area contributed by atoms with Gasteiger partial charge in [-0.2, -0.15) is 0 Å². The van der Waals surface area contributed by atoms with Crippen molar-refractivity contribution in [1.29, 1.82) is 0 Å². The second-order valence-corrected chi connectivity index (χ2v) is 2.34. The number of rotatable bonds is 1. The third-order valence-electron chi connectivity index (χ3n) is 1.05. The van der Waals surface area contributed by atoms with E-state index in [0.29, 0.717) is 17.5 Å². The minimum atomic E-state index is 0.335. The number of hydrogen-bond donors (Lipinski definition) is 1. The van der Waals surface area contributed by atoms with Crippen LogP contribution in [-0.4, -0.2) is 9.97 Å². The summed E-state index contributed by atoms with van der Waals surface area (Å²) in [5.74, 6) is 0.588. The van der Waals surface area contributed by atoms with Crippen LogP contribution in [0.15, 0.2) is 6.07 Å². The van der Waals surface area contributed by atoms with Crippen LogP contribution in [0.3, 0.4) is 0 Å². The van der Waals surface area contributed by atoms with Crippen LogP contribution in [-0.2, 0) is 6.54 Å². The largest absolute Gasteiger partial charge is 0.324 e. The summed E-state index contributed by atoms with van der Waals surface area (Å²) in [6, 6.07) is 1.70. The number of aromatic nitrogens is 2. The summed E-state index contributed by atoms with van der Waals surface area (Å²) in [5.41, 5.74) is 6.15. The fourth-order valence-electron chi connectivity index (χ4n) is 0.680. The van der Waals surface area contributed by atoms with Crippen LogP contribution in [0.25, 0.3) is 0 Å². The van der Waals surface area contributed by atoms with Gasteiger partial charge in [0, 0.05) is 5.69 Å². The van der Waals surface area contributed by atoms with E-state index in [9.17, 15) is 0 Å². The van der Waals surface area contributed by atoms with E-state index in [4.69, 9.17) is 17.3 Å². The monoisotopic (exact) mass is 157 g/mol. The third kappa shape index (κ3) is 1.65. The number of nitrogens with zero attached hydrogens (tertiary/aromatic N) is 2. The van der Waals surface area contributed by atoms with Crippen molar-refractivity contribution in [1.82, 2.24) is 9.97 Å². The third-order valence-corrected chi connectivity index (χ3v) is 1.25. The summed E-state index contributed by atoms with van der Waals surface area (Å²) in [7, 11) is 0. The smallest absolute Gasteiger partial charge is 0.143 e. The first-order chi connectivity index (χ1) is 4.72. The van der Waals surface area contributed by atoms with E-state index in [1.54, 1.807) is 6.07 Å². The molecule has 0 atom stereocenters. The van der Waals surface area contributed by atoms with Gasteiger partial charge in [-0.1, -0.05) is 11.6 Å². The molecule has 0 fully saturated rings. The van der Waals surface area contributed by atoms with E-state index >= 15 is 0 Å². The molecule has 0 radical (unpaired) electrons. The molecule has 54 valence electrons. The lowest BCUT2D eigenvalue weighted by Gasteiger charge is -1.96. The first-order valence-corrected chi connectivity index (χ1v) is 3.30. The Balaban J connectivity index is 3.06. The molecular formula is C6H8ClN3. The predicted molar refractivity (Wildman–Crippen MR) is 39.7 cm³/mol. The lowest BCUT2D eigenvalue weighted by Crippen LogP contribution is -2.03. The molecule has 0 saturated carbocycles. The SMILES string of the molecule is Cc1cc(Cl)nc(CN)n1. The zero-order chi connectivity index (χ0) is 7.56. The maximum Gasteiger partial charge on any atom is 0.143 e. The lowest BCUT2D eigenvalue weighted by atomic mass is 10.4. The molecule has 1 aromatic rings. The topological polar surface area (TPSA) is 51.8 Å². The highest BCUT2D eigenvalue weighted by Gasteiger charge is 1.96. The van der Waals surface area contributed by atoms with Crippen molar-refractivity contribution < 1.29 is 0 Å². The molecule has 3 nitrogen and oxygen atoms in total. The van der Waals surface area contributed by atoms with Crippen LogP contribution in [0.1, 0.15) is 11.5 Å². The van der Waals surface area contributed by atoms with Crippen LogP contribution in [0.5, 0.6) is 0 Å². The number of halogens is 1. The highest BCUT2D eigenvalue weighted by Crippen LogP contribution is 2.05. The Morgan fingerprint density at radius 2 is 2.30 bits per heavy atom. The van der Waals surface area contributed by atoms with Crippen molar-refractivity contribution >= 4 is 11.6 Å². The quantitative estimate of drug-likeness (QED) is 0.617. The molecule has 1 aromatic heterocycles. The van der Waals surface area contributed by atoms with Gasteiger partial charge in [0.05, 0.1) is 6.54 Å². The summed E-state index contributed by atoms with van der Waals surface area (Å²) in [5, 5.41) is 0.452. The maximum atomic E-state index is 5.62. The van der Waals surface area contributed by atoms with Gasteiger partial charge < -0.3 is 5.73 Å².